The molecule has 1 aromatic carbocycles. The van der Waals surface area contributed by atoms with E-state index in [2.05, 4.69) is 15.6 Å². The predicted molar refractivity (Wildman–Crippen MR) is 95.2 cm³/mol. The lowest BCUT2D eigenvalue weighted by Crippen LogP contribution is -2.19. The number of hydrogen-bond acceptors (Lipinski definition) is 3. The fourth-order valence-electron chi connectivity index (χ4n) is 5.47. The molecule has 0 spiro atoms. The second-order valence-corrected chi connectivity index (χ2v) is 8.38. The van der Waals surface area contributed by atoms with Crippen LogP contribution in [0.2, 0.25) is 0 Å². The molecule has 148 valence electrons. The summed E-state index contributed by atoms with van der Waals surface area (Å²) in [6, 6.07) is 4.99. The maximum atomic E-state index is 12.7. The molecule has 0 radical (unpaired) electrons. The number of benzene rings is 1. The summed E-state index contributed by atoms with van der Waals surface area (Å²) in [6.07, 6.45) is -0.531. The van der Waals surface area contributed by atoms with Crippen molar-refractivity contribution in [2.75, 3.05) is 5.32 Å². The van der Waals surface area contributed by atoms with Crippen LogP contribution >= 0.6 is 0 Å². The Kier molecular flexibility index (Phi) is 3.83. The van der Waals surface area contributed by atoms with Crippen molar-refractivity contribution in [3.8, 4) is 0 Å². The molecule has 1 amide bonds. The molecule has 3 aliphatic rings. The zero-order chi connectivity index (χ0) is 19.6. The summed E-state index contributed by atoms with van der Waals surface area (Å²) >= 11 is 0. The lowest BCUT2D eigenvalue weighted by molar-refractivity contribution is -0.137. The number of nitrogens with one attached hydrogen (secondary N) is 1. The van der Waals surface area contributed by atoms with Gasteiger partial charge in [-0.2, -0.15) is 13.2 Å². The van der Waals surface area contributed by atoms with Gasteiger partial charge >= 0.3 is 6.18 Å². The van der Waals surface area contributed by atoms with Crippen molar-refractivity contribution in [3.63, 3.8) is 0 Å². The summed E-state index contributed by atoms with van der Waals surface area (Å²) < 4.78 is 39.6. The van der Waals surface area contributed by atoms with Crippen molar-refractivity contribution in [2.45, 2.75) is 38.9 Å². The minimum absolute atomic E-state index is 0.0382. The number of anilines is 1. The smallest absolute Gasteiger partial charge is 0.307 e. The van der Waals surface area contributed by atoms with Crippen LogP contribution in [0.3, 0.4) is 0 Å². The van der Waals surface area contributed by atoms with Crippen LogP contribution in [0.5, 0.6) is 0 Å². The first-order chi connectivity index (χ1) is 13.3. The number of fused-ring (bicyclic) bond motifs is 5. The van der Waals surface area contributed by atoms with E-state index in [-0.39, 0.29) is 11.8 Å². The van der Waals surface area contributed by atoms with E-state index in [1.165, 1.54) is 31.4 Å². The van der Waals surface area contributed by atoms with Crippen LogP contribution in [0.1, 0.15) is 36.1 Å². The molecule has 1 aromatic heterocycles. The monoisotopic (exact) mass is 390 g/mol. The SMILES string of the molecule is Cc1c(NC(=O)C2[C@@H]3[C@H]4CC[C@@H](C4)[C@H]23)nnn1Cc1ccc(C(F)(F)F)cc1. The molecule has 1 unspecified atom stereocenters. The normalized spacial score (nSPS) is 30.4. The Labute approximate surface area is 160 Å². The van der Waals surface area contributed by atoms with Gasteiger partial charge in [0.2, 0.25) is 5.91 Å². The summed E-state index contributed by atoms with van der Waals surface area (Å²) in [6.45, 7) is 2.10. The molecular formula is C20H21F3N4O. The molecule has 5 rings (SSSR count). The van der Waals surface area contributed by atoms with Crippen LogP contribution in [0, 0.1) is 36.5 Å². The number of alkyl halides is 3. The Balaban J connectivity index is 1.25. The summed E-state index contributed by atoms with van der Waals surface area (Å²) in [5.41, 5.74) is 0.706. The van der Waals surface area contributed by atoms with E-state index in [9.17, 15) is 18.0 Å². The van der Waals surface area contributed by atoms with Gasteiger partial charge in [0.1, 0.15) is 0 Å². The van der Waals surface area contributed by atoms with Crippen LogP contribution in [0.4, 0.5) is 19.0 Å². The maximum absolute atomic E-state index is 12.7. The largest absolute Gasteiger partial charge is 0.416 e. The van der Waals surface area contributed by atoms with Crippen LogP contribution in [-0.2, 0) is 17.5 Å². The highest BCUT2D eigenvalue weighted by Crippen LogP contribution is 2.69. The zero-order valence-corrected chi connectivity index (χ0v) is 15.4. The summed E-state index contributed by atoms with van der Waals surface area (Å²) in [4.78, 5) is 12.7. The van der Waals surface area contributed by atoms with Crippen LogP contribution in [-0.4, -0.2) is 20.9 Å². The highest BCUT2D eigenvalue weighted by Gasteiger charge is 2.67. The van der Waals surface area contributed by atoms with Crippen LogP contribution < -0.4 is 5.32 Å². The molecule has 0 saturated heterocycles. The quantitative estimate of drug-likeness (QED) is 0.862. The molecule has 5 nitrogen and oxygen atoms in total. The van der Waals surface area contributed by atoms with Crippen LogP contribution in [0.15, 0.2) is 24.3 Å². The van der Waals surface area contributed by atoms with Crippen molar-refractivity contribution in [1.82, 2.24) is 15.0 Å². The van der Waals surface area contributed by atoms with Crippen molar-refractivity contribution in [2.24, 2.45) is 29.6 Å². The van der Waals surface area contributed by atoms with Gasteiger partial charge in [-0.25, -0.2) is 4.68 Å². The number of hydrogen-bond donors (Lipinski definition) is 1. The fraction of sp³-hybridized carbons (Fsp3) is 0.550. The molecule has 3 aliphatic carbocycles. The third-order valence-electron chi connectivity index (χ3n) is 6.88. The van der Waals surface area contributed by atoms with Crippen molar-refractivity contribution in [3.05, 3.63) is 41.1 Å². The lowest BCUT2D eigenvalue weighted by atomic mass is 10.0. The summed E-state index contributed by atoms with van der Waals surface area (Å²) in [7, 11) is 0. The molecule has 1 heterocycles. The first-order valence-corrected chi connectivity index (χ1v) is 9.70. The average Bonchev–Trinajstić information content (AvgIpc) is 2.90. The van der Waals surface area contributed by atoms with Crippen molar-refractivity contribution >= 4 is 11.7 Å². The van der Waals surface area contributed by atoms with Gasteiger partial charge in [0.25, 0.3) is 0 Å². The van der Waals surface area contributed by atoms with Gasteiger partial charge in [0.05, 0.1) is 17.8 Å². The van der Waals surface area contributed by atoms with E-state index in [1.54, 1.807) is 11.6 Å². The topological polar surface area (TPSA) is 59.8 Å². The Morgan fingerprint density at radius 3 is 2.43 bits per heavy atom. The van der Waals surface area contributed by atoms with E-state index in [0.29, 0.717) is 35.5 Å². The van der Waals surface area contributed by atoms with Crippen molar-refractivity contribution in [1.29, 1.82) is 0 Å². The number of halogens is 3. The van der Waals surface area contributed by atoms with Gasteiger partial charge in [-0.05, 0) is 67.6 Å². The summed E-state index contributed by atoms with van der Waals surface area (Å²) in [5, 5.41) is 11.0. The van der Waals surface area contributed by atoms with Crippen molar-refractivity contribution < 1.29 is 18.0 Å². The molecule has 8 heteroatoms. The average molecular weight is 390 g/mol. The Bertz CT molecular complexity index is 905. The molecule has 2 aromatic rings. The Morgan fingerprint density at radius 1 is 1.18 bits per heavy atom. The van der Waals surface area contributed by atoms with E-state index in [4.69, 9.17) is 0 Å². The van der Waals surface area contributed by atoms with Crippen LogP contribution in [0.25, 0.3) is 0 Å². The van der Waals surface area contributed by atoms with Gasteiger partial charge in [-0.3, -0.25) is 4.79 Å². The molecule has 3 fully saturated rings. The number of carbonyl (C=O) groups excluding carboxylic acids is 1. The van der Waals surface area contributed by atoms with E-state index in [0.717, 1.165) is 24.0 Å². The first-order valence-electron chi connectivity index (χ1n) is 9.70. The van der Waals surface area contributed by atoms with Gasteiger partial charge in [0, 0.05) is 5.92 Å². The molecule has 1 N–H and O–H groups in total. The second kappa shape index (κ2) is 6.06. The third kappa shape index (κ3) is 2.81. The highest BCUT2D eigenvalue weighted by molar-refractivity contribution is 5.94. The minimum Gasteiger partial charge on any atom is -0.307 e. The molecule has 3 saturated carbocycles. The number of amides is 1. The predicted octanol–water partition coefficient (Wildman–Crippen LogP) is 3.88. The summed E-state index contributed by atoms with van der Waals surface area (Å²) in [5.74, 6) is 3.16. The van der Waals surface area contributed by atoms with Gasteiger partial charge < -0.3 is 5.32 Å². The lowest BCUT2D eigenvalue weighted by Gasteiger charge is -2.09. The number of carbonyl (C=O) groups is 1. The van der Waals surface area contributed by atoms with Gasteiger partial charge in [-0.15, -0.1) is 5.10 Å². The zero-order valence-electron chi connectivity index (χ0n) is 15.4. The van der Waals surface area contributed by atoms with Gasteiger partial charge in [-0.1, -0.05) is 17.3 Å². The van der Waals surface area contributed by atoms with E-state index < -0.39 is 11.7 Å². The number of aromatic nitrogens is 3. The maximum Gasteiger partial charge on any atom is 0.416 e. The van der Waals surface area contributed by atoms with E-state index >= 15 is 0 Å². The number of rotatable bonds is 4. The molecule has 28 heavy (non-hydrogen) atoms. The second-order valence-electron chi connectivity index (χ2n) is 8.38. The minimum atomic E-state index is -4.35. The number of nitrogens with zero attached hydrogens (tertiary/aromatic N) is 3. The third-order valence-corrected chi connectivity index (χ3v) is 6.88. The highest BCUT2D eigenvalue weighted by atomic mass is 19.4. The molecular weight excluding hydrogens is 369 g/mol. The molecule has 5 atom stereocenters. The first kappa shape index (κ1) is 17.7. The standard InChI is InChI=1S/C20H21F3N4O/c1-10-18(24-19(28)17-15-12-4-5-13(8-12)16(15)17)25-26-27(10)9-11-2-6-14(7-3-11)20(21,22)23/h2-3,6-7,12-13,15-17H,4-5,8-9H2,1H3,(H,24,28)/t12-,13-,15-,16+,17?/m0/s1. The molecule has 0 aliphatic heterocycles. The Hall–Kier alpha value is -2.38. The Morgan fingerprint density at radius 2 is 1.82 bits per heavy atom. The van der Waals surface area contributed by atoms with E-state index in [1.807, 2.05) is 0 Å². The molecule has 2 bridgehead atoms. The van der Waals surface area contributed by atoms with Gasteiger partial charge in [0.15, 0.2) is 5.82 Å². The fourth-order valence-corrected chi connectivity index (χ4v) is 5.47.